The fraction of sp³-hybridized carbons (Fsp3) is 0.368. The lowest BCUT2D eigenvalue weighted by atomic mass is 9.96. The molecule has 0 bridgehead atoms. The van der Waals surface area contributed by atoms with Crippen molar-refractivity contribution in [1.82, 2.24) is 0 Å². The highest BCUT2D eigenvalue weighted by atomic mass is 28.2. The molecule has 0 spiro atoms. The molecule has 0 heterocycles. The van der Waals surface area contributed by atoms with Crippen LogP contribution in [0.15, 0.2) is 54.6 Å². The zero-order chi connectivity index (χ0) is 15.5. The first-order valence-electron chi connectivity index (χ1n) is 7.85. The minimum absolute atomic E-state index is 0.446. The standard InChI is InChI=1S/C16H18.C3H10OSi/c1-2-3-9-14-12-7-8-13-16(14)15-10-5-4-6-11-15;1-3(2)4-5/h4-8,10-13H,2-3,9H2,1H3;3H,1-2,5H3. The first kappa shape index (κ1) is 17.7. The van der Waals surface area contributed by atoms with Crippen LogP contribution in [-0.2, 0) is 10.8 Å². The van der Waals surface area contributed by atoms with E-state index in [0.29, 0.717) is 6.10 Å². The molecule has 0 fully saturated rings. The summed E-state index contributed by atoms with van der Waals surface area (Å²) in [6.45, 7) is 6.31. The van der Waals surface area contributed by atoms with Crippen molar-refractivity contribution in [1.29, 1.82) is 0 Å². The number of benzene rings is 2. The zero-order valence-corrected chi connectivity index (χ0v) is 15.8. The van der Waals surface area contributed by atoms with Gasteiger partial charge in [-0.25, -0.2) is 0 Å². The van der Waals surface area contributed by atoms with Gasteiger partial charge < -0.3 is 4.43 Å². The van der Waals surface area contributed by atoms with Gasteiger partial charge in [0.25, 0.3) is 0 Å². The lowest BCUT2D eigenvalue weighted by Crippen LogP contribution is -1.95. The van der Waals surface area contributed by atoms with Crippen LogP contribution in [0, 0.1) is 0 Å². The Morgan fingerprint density at radius 2 is 1.52 bits per heavy atom. The molecule has 0 saturated heterocycles. The van der Waals surface area contributed by atoms with Crippen molar-refractivity contribution in [2.24, 2.45) is 0 Å². The van der Waals surface area contributed by atoms with Gasteiger partial charge in [-0.3, -0.25) is 0 Å². The summed E-state index contributed by atoms with van der Waals surface area (Å²) < 4.78 is 4.89. The monoisotopic (exact) mass is 300 g/mol. The van der Waals surface area contributed by atoms with E-state index in [1.165, 1.54) is 36.0 Å². The minimum atomic E-state index is 0.446. The number of hydrogen-bond donors (Lipinski definition) is 0. The molecule has 2 aromatic rings. The van der Waals surface area contributed by atoms with Gasteiger partial charge in [0, 0.05) is 6.10 Å². The molecule has 0 aliphatic heterocycles. The molecule has 0 aromatic heterocycles. The maximum Gasteiger partial charge on any atom is 0.146 e. The number of rotatable bonds is 5. The van der Waals surface area contributed by atoms with Gasteiger partial charge in [-0.2, -0.15) is 0 Å². The maximum atomic E-state index is 4.89. The summed E-state index contributed by atoms with van der Waals surface area (Å²) in [7, 11) is 0.873. The fourth-order valence-corrected chi connectivity index (χ4v) is 2.00. The van der Waals surface area contributed by atoms with Crippen LogP contribution >= 0.6 is 0 Å². The fourth-order valence-electron chi connectivity index (χ4n) is 2.00. The average molecular weight is 301 g/mol. The van der Waals surface area contributed by atoms with Crippen molar-refractivity contribution < 1.29 is 4.43 Å². The predicted octanol–water partition coefficient (Wildman–Crippen LogP) is 4.39. The predicted molar refractivity (Wildman–Crippen MR) is 96.7 cm³/mol. The van der Waals surface area contributed by atoms with Gasteiger partial charge in [0.15, 0.2) is 0 Å². The molecule has 0 radical (unpaired) electrons. The summed E-state index contributed by atoms with van der Waals surface area (Å²) in [6, 6.07) is 19.4. The van der Waals surface area contributed by atoms with Gasteiger partial charge in [0.2, 0.25) is 0 Å². The topological polar surface area (TPSA) is 9.23 Å². The summed E-state index contributed by atoms with van der Waals surface area (Å²) in [6.07, 6.45) is 4.15. The van der Waals surface area contributed by atoms with Crippen LogP contribution in [0.2, 0.25) is 0 Å². The van der Waals surface area contributed by atoms with E-state index in [4.69, 9.17) is 4.43 Å². The molecule has 0 aliphatic rings. The Kier molecular flexibility index (Phi) is 8.72. The molecule has 2 rings (SSSR count). The van der Waals surface area contributed by atoms with E-state index in [9.17, 15) is 0 Å². The van der Waals surface area contributed by atoms with E-state index in [1.807, 2.05) is 13.8 Å². The highest BCUT2D eigenvalue weighted by molar-refractivity contribution is 5.98. The van der Waals surface area contributed by atoms with E-state index in [0.717, 1.165) is 10.5 Å². The summed E-state index contributed by atoms with van der Waals surface area (Å²) in [4.78, 5) is 0. The Morgan fingerprint density at radius 1 is 0.952 bits per heavy atom. The summed E-state index contributed by atoms with van der Waals surface area (Å²) in [5, 5.41) is 0. The highest BCUT2D eigenvalue weighted by Crippen LogP contribution is 2.24. The second kappa shape index (κ2) is 10.4. The first-order valence-corrected chi connectivity index (χ1v) is 8.66. The molecule has 2 aromatic carbocycles. The van der Waals surface area contributed by atoms with E-state index in [2.05, 4.69) is 61.5 Å². The lowest BCUT2D eigenvalue weighted by Gasteiger charge is -2.08. The van der Waals surface area contributed by atoms with Crippen molar-refractivity contribution in [3.8, 4) is 11.1 Å². The quantitative estimate of drug-likeness (QED) is 0.744. The van der Waals surface area contributed by atoms with Crippen molar-refractivity contribution >= 4 is 10.5 Å². The smallest absolute Gasteiger partial charge is 0.146 e. The lowest BCUT2D eigenvalue weighted by molar-refractivity contribution is 0.267. The molecule has 0 unspecified atom stereocenters. The Balaban J connectivity index is 0.000000383. The number of aryl methyl sites for hydroxylation is 1. The first-order chi connectivity index (χ1) is 10.2. The highest BCUT2D eigenvalue weighted by Gasteiger charge is 2.02. The van der Waals surface area contributed by atoms with Crippen LogP contribution in [0.3, 0.4) is 0 Å². The molecule has 1 nitrogen and oxygen atoms in total. The summed E-state index contributed by atoms with van der Waals surface area (Å²) in [5.74, 6) is 0. The molecule has 0 N–H and O–H groups in total. The van der Waals surface area contributed by atoms with Crippen LogP contribution < -0.4 is 0 Å². The van der Waals surface area contributed by atoms with Crippen molar-refractivity contribution in [3.63, 3.8) is 0 Å². The van der Waals surface area contributed by atoms with E-state index < -0.39 is 0 Å². The van der Waals surface area contributed by atoms with Gasteiger partial charge in [0.1, 0.15) is 10.5 Å². The van der Waals surface area contributed by atoms with Crippen molar-refractivity contribution in [2.75, 3.05) is 0 Å². The van der Waals surface area contributed by atoms with Crippen LogP contribution in [0.4, 0.5) is 0 Å². The second-order valence-electron chi connectivity index (χ2n) is 5.41. The van der Waals surface area contributed by atoms with Gasteiger partial charge in [0.05, 0.1) is 0 Å². The summed E-state index contributed by atoms with van der Waals surface area (Å²) in [5.41, 5.74) is 4.18. The van der Waals surface area contributed by atoms with Gasteiger partial charge in [-0.1, -0.05) is 67.9 Å². The Hall–Kier alpha value is -1.38. The van der Waals surface area contributed by atoms with Crippen molar-refractivity contribution in [3.05, 3.63) is 60.2 Å². The van der Waals surface area contributed by atoms with Gasteiger partial charge in [-0.15, -0.1) is 0 Å². The minimum Gasteiger partial charge on any atom is -0.426 e. The molecule has 0 atom stereocenters. The third kappa shape index (κ3) is 6.74. The third-order valence-electron chi connectivity index (χ3n) is 3.37. The SMILES string of the molecule is CC(C)O[SiH3].CCCCc1ccccc1-c1ccccc1. The third-order valence-corrected chi connectivity index (χ3v) is 4.32. The number of hydrogen-bond acceptors (Lipinski definition) is 1. The van der Waals surface area contributed by atoms with Gasteiger partial charge in [-0.05, 0) is 43.4 Å². The Bertz CT molecular complexity index is 494. The Labute approximate surface area is 132 Å². The second-order valence-corrected chi connectivity index (χ2v) is 5.88. The average Bonchev–Trinajstić information content (AvgIpc) is 2.54. The van der Waals surface area contributed by atoms with Gasteiger partial charge >= 0.3 is 0 Å². The normalized spacial score (nSPS) is 10.3. The molecule has 0 saturated carbocycles. The molecule has 0 amide bonds. The molecule has 114 valence electrons. The maximum absolute atomic E-state index is 4.89. The van der Waals surface area contributed by atoms with Crippen LogP contribution in [0.25, 0.3) is 11.1 Å². The van der Waals surface area contributed by atoms with Crippen LogP contribution in [0.1, 0.15) is 39.2 Å². The van der Waals surface area contributed by atoms with E-state index in [1.54, 1.807) is 0 Å². The number of unbranched alkanes of at least 4 members (excludes halogenated alkanes) is 1. The van der Waals surface area contributed by atoms with E-state index >= 15 is 0 Å². The Morgan fingerprint density at radius 3 is 2.10 bits per heavy atom. The van der Waals surface area contributed by atoms with Crippen LogP contribution in [0.5, 0.6) is 0 Å². The zero-order valence-electron chi connectivity index (χ0n) is 13.8. The van der Waals surface area contributed by atoms with Crippen molar-refractivity contribution in [2.45, 2.75) is 46.1 Å². The molecule has 0 aliphatic carbocycles. The largest absolute Gasteiger partial charge is 0.426 e. The summed E-state index contributed by atoms with van der Waals surface area (Å²) >= 11 is 0. The molecule has 21 heavy (non-hydrogen) atoms. The molecular weight excluding hydrogens is 272 g/mol. The van der Waals surface area contributed by atoms with E-state index in [-0.39, 0.29) is 0 Å². The molecular formula is C19H28OSi. The van der Waals surface area contributed by atoms with Crippen LogP contribution in [-0.4, -0.2) is 16.6 Å². The molecule has 2 heteroatoms.